The van der Waals surface area contributed by atoms with E-state index in [1.54, 1.807) is 12.1 Å². The third kappa shape index (κ3) is 3.62. The minimum absolute atomic E-state index is 0.0223. The summed E-state index contributed by atoms with van der Waals surface area (Å²) in [4.78, 5) is 14.4. The van der Waals surface area contributed by atoms with Gasteiger partial charge in [-0.2, -0.15) is 0 Å². The molecule has 0 N–H and O–H groups in total. The first-order chi connectivity index (χ1) is 10.2. The van der Waals surface area contributed by atoms with Crippen molar-refractivity contribution in [1.82, 2.24) is 4.90 Å². The Morgan fingerprint density at radius 3 is 2.90 bits per heavy atom. The van der Waals surface area contributed by atoms with Gasteiger partial charge >= 0.3 is 0 Å². The molecular weight excluding hydrogens is 269 g/mol. The number of rotatable bonds is 3. The number of morpholine rings is 1. The Balaban J connectivity index is 1.59. The largest absolute Gasteiger partial charge is 0.374 e. The SMILES string of the molecule is O=C(C1CCCC1)N1CCOC(Cc2cccc(F)c2)C1. The van der Waals surface area contributed by atoms with Crippen molar-refractivity contribution in [3.63, 3.8) is 0 Å². The molecule has 1 saturated carbocycles. The zero-order valence-corrected chi connectivity index (χ0v) is 12.3. The molecule has 21 heavy (non-hydrogen) atoms. The lowest BCUT2D eigenvalue weighted by molar-refractivity contribution is -0.142. The molecule has 3 rings (SSSR count). The zero-order valence-electron chi connectivity index (χ0n) is 12.3. The average molecular weight is 291 g/mol. The van der Waals surface area contributed by atoms with Gasteiger partial charge in [0.1, 0.15) is 5.82 Å². The number of ether oxygens (including phenoxy) is 1. The maximum Gasteiger partial charge on any atom is 0.225 e. The Morgan fingerprint density at radius 2 is 2.14 bits per heavy atom. The third-order valence-corrected chi connectivity index (χ3v) is 4.51. The van der Waals surface area contributed by atoms with Crippen molar-refractivity contribution < 1.29 is 13.9 Å². The summed E-state index contributed by atoms with van der Waals surface area (Å²) in [6.07, 6.45) is 5.05. The molecule has 1 unspecified atom stereocenters. The Hall–Kier alpha value is -1.42. The molecule has 0 bridgehead atoms. The third-order valence-electron chi connectivity index (χ3n) is 4.51. The smallest absolute Gasteiger partial charge is 0.225 e. The standard InChI is InChI=1S/C17H22FNO2/c18-15-7-3-4-13(10-15)11-16-12-19(8-9-21-16)17(20)14-5-1-2-6-14/h3-4,7,10,14,16H,1-2,5-6,8-9,11-12H2. The monoisotopic (exact) mass is 291 g/mol. The van der Waals surface area contributed by atoms with Crippen LogP contribution in [0.1, 0.15) is 31.2 Å². The highest BCUT2D eigenvalue weighted by molar-refractivity contribution is 5.79. The van der Waals surface area contributed by atoms with Gasteiger partial charge in [0.15, 0.2) is 0 Å². The highest BCUT2D eigenvalue weighted by atomic mass is 19.1. The lowest BCUT2D eigenvalue weighted by atomic mass is 10.0. The van der Waals surface area contributed by atoms with E-state index in [1.807, 2.05) is 11.0 Å². The molecule has 1 aromatic rings. The second kappa shape index (κ2) is 6.56. The minimum atomic E-state index is -0.220. The molecule has 1 atom stereocenters. The summed E-state index contributed by atoms with van der Waals surface area (Å²) < 4.78 is 19.0. The Labute approximate surface area is 125 Å². The van der Waals surface area contributed by atoms with Gasteiger partial charge in [-0.1, -0.05) is 25.0 Å². The fourth-order valence-corrected chi connectivity index (χ4v) is 3.40. The van der Waals surface area contributed by atoms with Crippen LogP contribution in [0.25, 0.3) is 0 Å². The van der Waals surface area contributed by atoms with Gasteiger partial charge in [-0.15, -0.1) is 0 Å². The van der Waals surface area contributed by atoms with Crippen LogP contribution in [0.3, 0.4) is 0 Å². The molecule has 0 spiro atoms. The molecule has 1 saturated heterocycles. The summed E-state index contributed by atoms with van der Waals surface area (Å²) in [6.45, 7) is 1.90. The van der Waals surface area contributed by atoms with Crippen LogP contribution in [0.4, 0.5) is 4.39 Å². The average Bonchev–Trinajstić information content (AvgIpc) is 3.01. The topological polar surface area (TPSA) is 29.5 Å². The van der Waals surface area contributed by atoms with E-state index in [-0.39, 0.29) is 17.8 Å². The van der Waals surface area contributed by atoms with E-state index >= 15 is 0 Å². The quantitative estimate of drug-likeness (QED) is 0.857. The molecule has 2 fully saturated rings. The molecule has 2 aliphatic rings. The lowest BCUT2D eigenvalue weighted by Crippen LogP contribution is -2.48. The number of carbonyl (C=O) groups is 1. The fourth-order valence-electron chi connectivity index (χ4n) is 3.40. The van der Waals surface area contributed by atoms with Gasteiger partial charge in [-0.3, -0.25) is 4.79 Å². The first-order valence-corrected chi connectivity index (χ1v) is 7.87. The summed E-state index contributed by atoms with van der Waals surface area (Å²) in [5.74, 6) is 0.292. The van der Waals surface area contributed by atoms with Crippen LogP contribution in [-0.4, -0.2) is 36.6 Å². The number of amides is 1. The van der Waals surface area contributed by atoms with Gasteiger partial charge in [0.05, 0.1) is 12.7 Å². The van der Waals surface area contributed by atoms with Crippen LogP contribution < -0.4 is 0 Å². The van der Waals surface area contributed by atoms with Crippen molar-refractivity contribution in [2.24, 2.45) is 5.92 Å². The number of carbonyl (C=O) groups excluding carboxylic acids is 1. The van der Waals surface area contributed by atoms with Gasteiger partial charge in [0.2, 0.25) is 5.91 Å². The van der Waals surface area contributed by atoms with Crippen molar-refractivity contribution in [3.05, 3.63) is 35.6 Å². The van der Waals surface area contributed by atoms with E-state index in [2.05, 4.69) is 0 Å². The molecule has 0 radical (unpaired) electrons. The molecule has 3 nitrogen and oxygen atoms in total. The molecular formula is C17H22FNO2. The number of hydrogen-bond acceptors (Lipinski definition) is 2. The Kier molecular flexibility index (Phi) is 4.54. The highest BCUT2D eigenvalue weighted by Crippen LogP contribution is 2.27. The first-order valence-electron chi connectivity index (χ1n) is 7.87. The highest BCUT2D eigenvalue weighted by Gasteiger charge is 2.30. The molecule has 114 valence electrons. The van der Waals surface area contributed by atoms with Crippen LogP contribution in [0, 0.1) is 11.7 Å². The lowest BCUT2D eigenvalue weighted by Gasteiger charge is -2.34. The van der Waals surface area contributed by atoms with Crippen molar-refractivity contribution in [1.29, 1.82) is 0 Å². The summed E-state index contributed by atoms with van der Waals surface area (Å²) in [5.41, 5.74) is 0.926. The van der Waals surface area contributed by atoms with Gasteiger partial charge in [0, 0.05) is 25.4 Å². The Bertz CT molecular complexity index is 499. The number of hydrogen-bond donors (Lipinski definition) is 0. The maximum absolute atomic E-state index is 13.2. The van der Waals surface area contributed by atoms with E-state index in [4.69, 9.17) is 4.74 Å². The summed E-state index contributed by atoms with van der Waals surface area (Å²) >= 11 is 0. The first kappa shape index (κ1) is 14.5. The normalized spacial score (nSPS) is 23.5. The maximum atomic E-state index is 13.2. The predicted octanol–water partition coefficient (Wildman–Crippen LogP) is 2.79. The number of nitrogens with zero attached hydrogens (tertiary/aromatic N) is 1. The number of halogens is 1. The molecule has 1 aliphatic carbocycles. The predicted molar refractivity (Wildman–Crippen MR) is 78.4 cm³/mol. The summed E-state index contributed by atoms with van der Waals surface area (Å²) in [5, 5.41) is 0. The van der Waals surface area contributed by atoms with Crippen LogP contribution in [0.15, 0.2) is 24.3 Å². The second-order valence-electron chi connectivity index (χ2n) is 6.09. The zero-order chi connectivity index (χ0) is 14.7. The summed E-state index contributed by atoms with van der Waals surface area (Å²) in [6, 6.07) is 6.61. The van der Waals surface area contributed by atoms with Crippen LogP contribution in [-0.2, 0) is 16.0 Å². The van der Waals surface area contributed by atoms with Crippen molar-refractivity contribution in [3.8, 4) is 0 Å². The minimum Gasteiger partial charge on any atom is -0.374 e. The molecule has 1 amide bonds. The molecule has 1 aliphatic heterocycles. The van der Waals surface area contributed by atoms with Gasteiger partial charge in [-0.25, -0.2) is 4.39 Å². The van der Waals surface area contributed by atoms with Gasteiger partial charge in [-0.05, 0) is 30.5 Å². The molecule has 0 aromatic heterocycles. The molecule has 1 aromatic carbocycles. The molecule has 4 heteroatoms. The fraction of sp³-hybridized carbons (Fsp3) is 0.588. The summed E-state index contributed by atoms with van der Waals surface area (Å²) in [7, 11) is 0. The number of benzene rings is 1. The van der Waals surface area contributed by atoms with Gasteiger partial charge in [0.25, 0.3) is 0 Å². The van der Waals surface area contributed by atoms with E-state index in [0.29, 0.717) is 32.0 Å². The second-order valence-corrected chi connectivity index (χ2v) is 6.09. The van der Waals surface area contributed by atoms with Crippen LogP contribution in [0.5, 0.6) is 0 Å². The van der Waals surface area contributed by atoms with Crippen LogP contribution in [0.2, 0.25) is 0 Å². The van der Waals surface area contributed by atoms with Gasteiger partial charge < -0.3 is 9.64 Å². The van der Waals surface area contributed by atoms with E-state index in [0.717, 1.165) is 18.4 Å². The van der Waals surface area contributed by atoms with E-state index in [1.165, 1.54) is 18.9 Å². The van der Waals surface area contributed by atoms with Crippen LogP contribution >= 0.6 is 0 Å². The van der Waals surface area contributed by atoms with E-state index < -0.39 is 0 Å². The van der Waals surface area contributed by atoms with Crippen molar-refractivity contribution in [2.75, 3.05) is 19.7 Å². The van der Waals surface area contributed by atoms with Crippen molar-refractivity contribution in [2.45, 2.75) is 38.2 Å². The van der Waals surface area contributed by atoms with E-state index in [9.17, 15) is 9.18 Å². The molecule has 1 heterocycles. The Morgan fingerprint density at radius 1 is 1.33 bits per heavy atom. The van der Waals surface area contributed by atoms with Crippen molar-refractivity contribution >= 4 is 5.91 Å².